The molecule has 0 radical (unpaired) electrons. The van der Waals surface area contributed by atoms with Crippen LogP contribution in [0.4, 0.5) is 0 Å². The van der Waals surface area contributed by atoms with Crippen LogP contribution in [-0.2, 0) is 0 Å². The second-order valence-electron chi connectivity index (χ2n) is 4.73. The van der Waals surface area contributed by atoms with E-state index in [1.807, 2.05) is 0 Å². The molecule has 1 unspecified atom stereocenters. The van der Waals surface area contributed by atoms with Crippen LogP contribution in [0.5, 0.6) is 0 Å². The molecule has 1 atom stereocenters. The fraction of sp³-hybridized carbons (Fsp3) is 1.00. The van der Waals surface area contributed by atoms with E-state index in [0.717, 1.165) is 19.4 Å². The van der Waals surface area contributed by atoms with Crippen molar-refractivity contribution >= 4 is 0 Å². The lowest BCUT2D eigenvalue weighted by molar-refractivity contribution is 0.0792. The summed E-state index contributed by atoms with van der Waals surface area (Å²) >= 11 is 0. The van der Waals surface area contributed by atoms with Crippen molar-refractivity contribution in [1.82, 2.24) is 4.90 Å². The lowest BCUT2D eigenvalue weighted by atomic mass is 9.86. The molecule has 0 rings (SSSR count). The highest BCUT2D eigenvalue weighted by molar-refractivity contribution is 4.77. The highest BCUT2D eigenvalue weighted by Gasteiger charge is 2.24. The molecule has 0 heterocycles. The van der Waals surface area contributed by atoms with Crippen molar-refractivity contribution in [3.05, 3.63) is 0 Å². The topological polar surface area (TPSA) is 23.5 Å². The summed E-state index contributed by atoms with van der Waals surface area (Å²) in [4.78, 5) is 2.30. The monoisotopic (exact) mass is 187 g/mol. The second-order valence-corrected chi connectivity index (χ2v) is 4.73. The Morgan fingerprint density at radius 3 is 2.23 bits per heavy atom. The van der Waals surface area contributed by atoms with Gasteiger partial charge in [0.15, 0.2) is 0 Å². The van der Waals surface area contributed by atoms with Gasteiger partial charge in [0.1, 0.15) is 0 Å². The number of aliphatic hydroxyl groups excluding tert-OH is 1. The molecule has 13 heavy (non-hydrogen) atoms. The summed E-state index contributed by atoms with van der Waals surface area (Å²) in [5, 5.41) is 9.32. The Kier molecular flexibility index (Phi) is 5.57. The minimum Gasteiger partial charge on any atom is -0.396 e. The lowest BCUT2D eigenvalue weighted by Crippen LogP contribution is -2.39. The molecule has 0 saturated carbocycles. The molecule has 0 aromatic rings. The zero-order valence-corrected chi connectivity index (χ0v) is 9.80. The third kappa shape index (κ3) is 4.63. The van der Waals surface area contributed by atoms with Crippen molar-refractivity contribution < 1.29 is 5.11 Å². The molecule has 0 aromatic heterocycles. The zero-order chi connectivity index (χ0) is 10.5. The van der Waals surface area contributed by atoms with E-state index >= 15 is 0 Å². The van der Waals surface area contributed by atoms with Crippen molar-refractivity contribution in [1.29, 1.82) is 0 Å². The van der Waals surface area contributed by atoms with E-state index in [9.17, 15) is 5.11 Å². The summed E-state index contributed by atoms with van der Waals surface area (Å²) in [5.74, 6) is 0. The van der Waals surface area contributed by atoms with Crippen LogP contribution >= 0.6 is 0 Å². The van der Waals surface area contributed by atoms with Crippen LogP contribution in [-0.4, -0.2) is 36.2 Å². The van der Waals surface area contributed by atoms with Gasteiger partial charge < -0.3 is 10.0 Å². The molecule has 0 aliphatic rings. The van der Waals surface area contributed by atoms with Gasteiger partial charge in [-0.15, -0.1) is 0 Å². The SMILES string of the molecule is CCCC(C)(CO)CN(C)C(C)C. The minimum absolute atomic E-state index is 0.0772. The van der Waals surface area contributed by atoms with Crippen LogP contribution in [0.2, 0.25) is 0 Å². The van der Waals surface area contributed by atoms with Gasteiger partial charge in [-0.1, -0.05) is 20.3 Å². The molecule has 80 valence electrons. The predicted molar refractivity (Wildman–Crippen MR) is 57.9 cm³/mol. The number of hydrogen-bond donors (Lipinski definition) is 1. The van der Waals surface area contributed by atoms with Crippen LogP contribution < -0.4 is 0 Å². The fourth-order valence-corrected chi connectivity index (χ4v) is 1.60. The van der Waals surface area contributed by atoms with Gasteiger partial charge in [0.05, 0.1) is 0 Å². The van der Waals surface area contributed by atoms with Crippen LogP contribution in [0.15, 0.2) is 0 Å². The third-order valence-electron chi connectivity index (χ3n) is 2.75. The molecule has 2 heteroatoms. The predicted octanol–water partition coefficient (Wildman–Crippen LogP) is 2.13. The van der Waals surface area contributed by atoms with Gasteiger partial charge in [-0.2, -0.15) is 0 Å². The molecule has 0 aromatic carbocycles. The van der Waals surface area contributed by atoms with Crippen LogP contribution in [0, 0.1) is 5.41 Å². The highest BCUT2D eigenvalue weighted by atomic mass is 16.3. The molecule has 0 bridgehead atoms. The molecule has 1 N–H and O–H groups in total. The first-order chi connectivity index (χ1) is 5.95. The lowest BCUT2D eigenvalue weighted by Gasteiger charge is -2.34. The number of nitrogens with zero attached hydrogens (tertiary/aromatic N) is 1. The fourth-order valence-electron chi connectivity index (χ4n) is 1.60. The van der Waals surface area contributed by atoms with Crippen LogP contribution in [0.3, 0.4) is 0 Å². The largest absolute Gasteiger partial charge is 0.396 e. The van der Waals surface area contributed by atoms with E-state index in [4.69, 9.17) is 0 Å². The summed E-state index contributed by atoms with van der Waals surface area (Å²) in [6.45, 7) is 9.97. The maximum atomic E-state index is 9.32. The molecular weight excluding hydrogens is 162 g/mol. The number of rotatable bonds is 6. The minimum atomic E-state index is 0.0772. The second kappa shape index (κ2) is 5.61. The van der Waals surface area contributed by atoms with Crippen LogP contribution in [0.1, 0.15) is 40.5 Å². The first-order valence-corrected chi connectivity index (χ1v) is 5.26. The maximum absolute atomic E-state index is 9.32. The molecule has 0 aliphatic carbocycles. The van der Waals surface area contributed by atoms with Gasteiger partial charge in [-0.05, 0) is 27.3 Å². The summed E-state index contributed by atoms with van der Waals surface area (Å²) in [5.41, 5.74) is 0.0772. The Balaban J connectivity index is 4.09. The molecule has 0 saturated heterocycles. The normalized spacial score (nSPS) is 16.6. The Bertz CT molecular complexity index is 136. The summed E-state index contributed by atoms with van der Waals surface area (Å²) in [6.07, 6.45) is 2.24. The summed E-state index contributed by atoms with van der Waals surface area (Å²) < 4.78 is 0. The van der Waals surface area contributed by atoms with E-state index in [-0.39, 0.29) is 12.0 Å². The van der Waals surface area contributed by atoms with Gasteiger partial charge in [0, 0.05) is 24.6 Å². The van der Waals surface area contributed by atoms with Crippen molar-refractivity contribution in [2.24, 2.45) is 5.41 Å². The highest BCUT2D eigenvalue weighted by Crippen LogP contribution is 2.23. The van der Waals surface area contributed by atoms with Crippen molar-refractivity contribution in [2.75, 3.05) is 20.2 Å². The van der Waals surface area contributed by atoms with Gasteiger partial charge in [-0.3, -0.25) is 0 Å². The molecule has 2 nitrogen and oxygen atoms in total. The van der Waals surface area contributed by atoms with Gasteiger partial charge in [-0.25, -0.2) is 0 Å². The molecular formula is C11H25NO. The summed E-state index contributed by atoms with van der Waals surface area (Å²) in [6, 6.07) is 0.558. The number of hydrogen-bond acceptors (Lipinski definition) is 2. The third-order valence-corrected chi connectivity index (χ3v) is 2.75. The zero-order valence-electron chi connectivity index (χ0n) is 9.80. The molecule has 0 aliphatic heterocycles. The molecule has 0 amide bonds. The van der Waals surface area contributed by atoms with Gasteiger partial charge >= 0.3 is 0 Å². The average Bonchev–Trinajstić information content (AvgIpc) is 2.04. The summed E-state index contributed by atoms with van der Waals surface area (Å²) in [7, 11) is 2.12. The van der Waals surface area contributed by atoms with E-state index in [1.54, 1.807) is 0 Å². The Labute approximate surface area is 82.9 Å². The molecule has 0 fully saturated rings. The first kappa shape index (κ1) is 12.9. The van der Waals surface area contributed by atoms with Crippen LogP contribution in [0.25, 0.3) is 0 Å². The van der Waals surface area contributed by atoms with E-state index in [0.29, 0.717) is 6.04 Å². The smallest absolute Gasteiger partial charge is 0.0497 e. The number of aliphatic hydroxyl groups is 1. The average molecular weight is 187 g/mol. The van der Waals surface area contributed by atoms with Gasteiger partial charge in [0.2, 0.25) is 0 Å². The molecule has 0 spiro atoms. The van der Waals surface area contributed by atoms with E-state index < -0.39 is 0 Å². The Hall–Kier alpha value is -0.0800. The Morgan fingerprint density at radius 1 is 1.38 bits per heavy atom. The maximum Gasteiger partial charge on any atom is 0.0497 e. The van der Waals surface area contributed by atoms with Crippen molar-refractivity contribution in [3.8, 4) is 0 Å². The van der Waals surface area contributed by atoms with Gasteiger partial charge in [0.25, 0.3) is 0 Å². The van der Waals surface area contributed by atoms with Crippen molar-refractivity contribution in [3.63, 3.8) is 0 Å². The first-order valence-electron chi connectivity index (χ1n) is 5.26. The van der Waals surface area contributed by atoms with E-state index in [2.05, 4.69) is 39.6 Å². The quantitative estimate of drug-likeness (QED) is 0.688. The van der Waals surface area contributed by atoms with E-state index in [1.165, 1.54) is 0 Å². The Morgan fingerprint density at radius 2 is 1.92 bits per heavy atom. The van der Waals surface area contributed by atoms with Crippen molar-refractivity contribution in [2.45, 2.75) is 46.6 Å². The standard InChI is InChI=1S/C11H25NO/c1-6-7-11(4,9-13)8-12(5)10(2)3/h10,13H,6-9H2,1-5H3.